The summed E-state index contributed by atoms with van der Waals surface area (Å²) < 4.78 is 0. The number of carbonyl (C=O) groups excluding carboxylic acids is 1. The molecule has 2 rings (SSSR count). The van der Waals surface area contributed by atoms with E-state index in [0.717, 1.165) is 31.4 Å². The second kappa shape index (κ2) is 5.38. The monoisotopic (exact) mass is 262 g/mol. The van der Waals surface area contributed by atoms with Crippen LogP contribution in [0.15, 0.2) is 18.3 Å². The molecule has 0 spiro atoms. The van der Waals surface area contributed by atoms with Gasteiger partial charge in [0, 0.05) is 11.9 Å². The van der Waals surface area contributed by atoms with E-state index in [4.69, 9.17) is 5.11 Å². The molecule has 1 aliphatic rings. The summed E-state index contributed by atoms with van der Waals surface area (Å²) in [6.07, 6.45) is 4.88. The van der Waals surface area contributed by atoms with E-state index in [0.29, 0.717) is 5.56 Å². The molecule has 1 aliphatic carbocycles. The van der Waals surface area contributed by atoms with Gasteiger partial charge >= 0.3 is 5.97 Å². The molecule has 102 valence electrons. The summed E-state index contributed by atoms with van der Waals surface area (Å²) in [6, 6.07) is 3.48. The van der Waals surface area contributed by atoms with Gasteiger partial charge in [-0.2, -0.15) is 0 Å². The lowest BCUT2D eigenvalue weighted by Crippen LogP contribution is -2.47. The van der Waals surface area contributed by atoms with Crippen LogP contribution in [0.5, 0.6) is 0 Å². The number of rotatable bonds is 4. The predicted octanol–water partition coefficient (Wildman–Crippen LogP) is 1.91. The van der Waals surface area contributed by atoms with Gasteiger partial charge in [-0.15, -0.1) is 0 Å². The number of hydrogen-bond donors (Lipinski definition) is 2. The first-order valence-corrected chi connectivity index (χ1v) is 6.48. The van der Waals surface area contributed by atoms with Gasteiger partial charge in [0.25, 0.3) is 5.91 Å². The van der Waals surface area contributed by atoms with Crippen LogP contribution in [0.3, 0.4) is 0 Å². The Labute approximate surface area is 112 Å². The lowest BCUT2D eigenvalue weighted by atomic mass is 9.93. The van der Waals surface area contributed by atoms with E-state index in [9.17, 15) is 9.59 Å². The fourth-order valence-corrected chi connectivity index (χ4v) is 2.60. The second-order valence-corrected chi connectivity index (χ2v) is 5.20. The molecule has 0 atom stereocenters. The molecule has 19 heavy (non-hydrogen) atoms. The summed E-state index contributed by atoms with van der Waals surface area (Å²) in [7, 11) is 0. The second-order valence-electron chi connectivity index (χ2n) is 5.20. The third-order valence-electron chi connectivity index (χ3n) is 3.60. The molecule has 1 heterocycles. The van der Waals surface area contributed by atoms with E-state index in [1.54, 1.807) is 12.1 Å². The van der Waals surface area contributed by atoms with Gasteiger partial charge in [0.1, 0.15) is 0 Å². The molecule has 0 radical (unpaired) electrons. The lowest BCUT2D eigenvalue weighted by molar-refractivity contribution is -0.138. The van der Waals surface area contributed by atoms with Crippen LogP contribution in [0.25, 0.3) is 0 Å². The zero-order chi connectivity index (χ0) is 13.9. The molecule has 0 bridgehead atoms. The van der Waals surface area contributed by atoms with Crippen molar-refractivity contribution in [3.63, 3.8) is 0 Å². The number of pyridine rings is 1. The Hall–Kier alpha value is -1.91. The van der Waals surface area contributed by atoms with Crippen molar-refractivity contribution in [1.29, 1.82) is 0 Å². The lowest BCUT2D eigenvalue weighted by Gasteiger charge is -2.28. The molecule has 1 amide bonds. The van der Waals surface area contributed by atoms with Crippen LogP contribution in [0.2, 0.25) is 0 Å². The molecular formula is C14H18N2O3. The molecule has 1 saturated carbocycles. The number of aliphatic carboxylic acids is 1. The quantitative estimate of drug-likeness (QED) is 0.868. The topological polar surface area (TPSA) is 79.3 Å². The molecule has 0 saturated heterocycles. The van der Waals surface area contributed by atoms with Crippen molar-refractivity contribution in [2.45, 2.75) is 44.6 Å². The largest absolute Gasteiger partial charge is 0.481 e. The number of carboxylic acid groups (broad SMARTS) is 1. The first-order chi connectivity index (χ1) is 9.01. The Morgan fingerprint density at radius 1 is 1.37 bits per heavy atom. The van der Waals surface area contributed by atoms with Crippen molar-refractivity contribution in [2.24, 2.45) is 0 Å². The highest BCUT2D eigenvalue weighted by Gasteiger charge is 2.37. The molecule has 5 nitrogen and oxygen atoms in total. The highest BCUT2D eigenvalue weighted by atomic mass is 16.4. The van der Waals surface area contributed by atoms with Gasteiger partial charge in [0.15, 0.2) is 0 Å². The zero-order valence-electron chi connectivity index (χ0n) is 11.0. The smallest absolute Gasteiger partial charge is 0.305 e. The molecule has 0 aromatic carbocycles. The van der Waals surface area contributed by atoms with Crippen LogP contribution < -0.4 is 5.32 Å². The van der Waals surface area contributed by atoms with Gasteiger partial charge in [0.2, 0.25) is 0 Å². The molecule has 1 aromatic heterocycles. The minimum absolute atomic E-state index is 0.0158. The molecule has 5 heteroatoms. The van der Waals surface area contributed by atoms with Crippen molar-refractivity contribution in [1.82, 2.24) is 10.3 Å². The number of aromatic nitrogens is 1. The Bertz CT molecular complexity index is 476. The maximum absolute atomic E-state index is 12.2. The van der Waals surface area contributed by atoms with E-state index in [2.05, 4.69) is 10.3 Å². The summed E-state index contributed by atoms with van der Waals surface area (Å²) in [5.41, 5.74) is 0.730. The summed E-state index contributed by atoms with van der Waals surface area (Å²) in [6.45, 7) is 1.85. The van der Waals surface area contributed by atoms with Crippen LogP contribution in [-0.2, 0) is 4.79 Å². The van der Waals surface area contributed by atoms with Crippen LogP contribution in [0, 0.1) is 6.92 Å². The van der Waals surface area contributed by atoms with Crippen LogP contribution in [0.4, 0.5) is 0 Å². The van der Waals surface area contributed by atoms with Gasteiger partial charge in [-0.3, -0.25) is 14.6 Å². The molecule has 2 N–H and O–H groups in total. The third kappa shape index (κ3) is 3.30. The van der Waals surface area contributed by atoms with E-state index in [1.807, 2.05) is 6.92 Å². The van der Waals surface area contributed by atoms with Crippen molar-refractivity contribution in [3.8, 4) is 0 Å². The van der Waals surface area contributed by atoms with E-state index in [1.165, 1.54) is 6.20 Å². The number of amides is 1. The maximum Gasteiger partial charge on any atom is 0.305 e. The minimum Gasteiger partial charge on any atom is -0.481 e. The highest BCUT2D eigenvalue weighted by Crippen LogP contribution is 2.32. The first-order valence-electron chi connectivity index (χ1n) is 6.48. The number of carboxylic acids is 1. The summed E-state index contributed by atoms with van der Waals surface area (Å²) in [5.74, 6) is -1.11. The summed E-state index contributed by atoms with van der Waals surface area (Å²) >= 11 is 0. The fourth-order valence-electron chi connectivity index (χ4n) is 2.60. The average Bonchev–Trinajstić information content (AvgIpc) is 2.77. The zero-order valence-corrected chi connectivity index (χ0v) is 11.0. The number of carbonyl (C=O) groups is 2. The Kier molecular flexibility index (Phi) is 3.83. The number of hydrogen-bond acceptors (Lipinski definition) is 3. The molecule has 1 fully saturated rings. The average molecular weight is 262 g/mol. The third-order valence-corrected chi connectivity index (χ3v) is 3.60. The Morgan fingerprint density at radius 2 is 2.05 bits per heavy atom. The van der Waals surface area contributed by atoms with Gasteiger partial charge in [0.05, 0.1) is 17.5 Å². The summed E-state index contributed by atoms with van der Waals surface area (Å²) in [5, 5.41) is 11.9. The van der Waals surface area contributed by atoms with Crippen LogP contribution >= 0.6 is 0 Å². The fraction of sp³-hybridized carbons (Fsp3) is 0.500. The van der Waals surface area contributed by atoms with Crippen molar-refractivity contribution < 1.29 is 14.7 Å². The minimum atomic E-state index is -0.871. The van der Waals surface area contributed by atoms with E-state index in [-0.39, 0.29) is 12.3 Å². The number of nitrogens with zero attached hydrogens (tertiary/aromatic N) is 1. The van der Waals surface area contributed by atoms with Gasteiger partial charge in [-0.25, -0.2) is 0 Å². The van der Waals surface area contributed by atoms with Crippen molar-refractivity contribution >= 4 is 11.9 Å². The predicted molar refractivity (Wildman–Crippen MR) is 69.9 cm³/mol. The highest BCUT2D eigenvalue weighted by molar-refractivity contribution is 5.94. The SMILES string of the molecule is Cc1ccc(C(=O)NC2(CC(=O)O)CCCC2)cn1. The first kappa shape index (κ1) is 13.5. The van der Waals surface area contributed by atoms with Crippen LogP contribution in [0.1, 0.15) is 48.2 Å². The normalized spacial score (nSPS) is 17.1. The Morgan fingerprint density at radius 3 is 2.58 bits per heavy atom. The molecule has 1 aromatic rings. The van der Waals surface area contributed by atoms with E-state index < -0.39 is 11.5 Å². The van der Waals surface area contributed by atoms with Crippen molar-refractivity contribution in [3.05, 3.63) is 29.6 Å². The molecule has 0 unspecified atom stereocenters. The maximum atomic E-state index is 12.2. The number of nitrogens with one attached hydrogen (secondary N) is 1. The standard InChI is InChI=1S/C14H18N2O3/c1-10-4-5-11(9-15-10)13(19)16-14(8-12(17)18)6-2-3-7-14/h4-5,9H,2-3,6-8H2,1H3,(H,16,19)(H,17,18). The number of aryl methyl sites for hydroxylation is 1. The van der Waals surface area contributed by atoms with Gasteiger partial charge in [-0.1, -0.05) is 12.8 Å². The molecule has 0 aliphatic heterocycles. The summed E-state index contributed by atoms with van der Waals surface area (Å²) in [4.78, 5) is 27.2. The van der Waals surface area contributed by atoms with Gasteiger partial charge < -0.3 is 10.4 Å². The molecular weight excluding hydrogens is 244 g/mol. The Balaban J connectivity index is 2.11. The van der Waals surface area contributed by atoms with Gasteiger partial charge in [-0.05, 0) is 31.9 Å². The van der Waals surface area contributed by atoms with Crippen LogP contribution in [-0.4, -0.2) is 27.5 Å². The van der Waals surface area contributed by atoms with E-state index >= 15 is 0 Å². The van der Waals surface area contributed by atoms with Crippen molar-refractivity contribution in [2.75, 3.05) is 0 Å².